The van der Waals surface area contributed by atoms with Crippen molar-refractivity contribution in [1.82, 2.24) is 0 Å². The third-order valence-corrected chi connectivity index (χ3v) is 2.31. The van der Waals surface area contributed by atoms with Gasteiger partial charge in [0, 0.05) is 0 Å². The van der Waals surface area contributed by atoms with E-state index in [1.165, 1.54) is 0 Å². The summed E-state index contributed by atoms with van der Waals surface area (Å²) >= 11 is 0. The van der Waals surface area contributed by atoms with Crippen molar-refractivity contribution in [3.05, 3.63) is 59.7 Å². The summed E-state index contributed by atoms with van der Waals surface area (Å²) in [5.74, 6) is 0.762. The first-order valence-corrected chi connectivity index (χ1v) is 5.19. The molecule has 0 heterocycles. The number of ether oxygens (including phenoxy) is 1. The summed E-state index contributed by atoms with van der Waals surface area (Å²) in [6, 6.07) is 16.0. The Morgan fingerprint density at radius 1 is 1.12 bits per heavy atom. The summed E-state index contributed by atoms with van der Waals surface area (Å²) in [5.41, 5.74) is 1.37. The third kappa shape index (κ3) is 2.76. The van der Waals surface area contributed by atoms with Crippen LogP contribution in [0.4, 0.5) is 0 Å². The van der Waals surface area contributed by atoms with E-state index in [9.17, 15) is 5.11 Å². The molecule has 0 radical (unpaired) electrons. The lowest BCUT2D eigenvalue weighted by Gasteiger charge is -2.07. The van der Waals surface area contributed by atoms with Crippen LogP contribution in [0.2, 0.25) is 0 Å². The molecule has 0 aliphatic rings. The highest BCUT2D eigenvalue weighted by Crippen LogP contribution is 2.19. The molecule has 17 heavy (non-hydrogen) atoms. The molecule has 0 bridgehead atoms. The van der Waals surface area contributed by atoms with Gasteiger partial charge >= 0.3 is 0 Å². The van der Waals surface area contributed by atoms with Crippen molar-refractivity contribution in [2.75, 3.05) is 0 Å². The molecule has 3 heteroatoms. The molecule has 2 rings (SSSR count). The summed E-state index contributed by atoms with van der Waals surface area (Å²) in [4.78, 5) is 0. The van der Waals surface area contributed by atoms with Gasteiger partial charge in [-0.05, 0) is 29.8 Å². The van der Waals surface area contributed by atoms with Crippen LogP contribution in [0, 0.1) is 11.3 Å². The summed E-state index contributed by atoms with van der Waals surface area (Å²) in [5, 5.41) is 18.2. The molecule has 3 nitrogen and oxygen atoms in total. The fraction of sp³-hybridized carbons (Fsp3) is 0.0714. The predicted octanol–water partition coefficient (Wildman–Crippen LogP) is 2.84. The van der Waals surface area contributed by atoms with Gasteiger partial charge in [-0.25, -0.2) is 0 Å². The molecule has 0 unspecified atom stereocenters. The maximum Gasteiger partial charge on any atom is 0.137 e. The monoisotopic (exact) mass is 225 g/mol. The van der Waals surface area contributed by atoms with Crippen LogP contribution in [0.25, 0.3) is 0 Å². The van der Waals surface area contributed by atoms with E-state index in [4.69, 9.17) is 10.00 Å². The predicted molar refractivity (Wildman–Crippen MR) is 63.6 cm³/mol. The fourth-order valence-corrected chi connectivity index (χ4v) is 1.49. The number of rotatable bonds is 3. The van der Waals surface area contributed by atoms with Crippen molar-refractivity contribution in [2.45, 2.75) is 6.61 Å². The number of benzene rings is 2. The number of para-hydroxylation sites is 1. The van der Waals surface area contributed by atoms with Gasteiger partial charge in [0.05, 0.1) is 5.56 Å². The fourth-order valence-electron chi connectivity index (χ4n) is 1.49. The highest BCUT2D eigenvalue weighted by Gasteiger charge is 2.02. The van der Waals surface area contributed by atoms with Gasteiger partial charge in [0.1, 0.15) is 24.2 Å². The number of hydrogen-bond acceptors (Lipinski definition) is 3. The number of phenols is 1. The van der Waals surface area contributed by atoms with Gasteiger partial charge in [-0.1, -0.05) is 24.3 Å². The number of nitrogens with zero attached hydrogens (tertiary/aromatic N) is 1. The summed E-state index contributed by atoms with van der Waals surface area (Å²) in [6.07, 6.45) is 0. The van der Waals surface area contributed by atoms with Gasteiger partial charge in [0.2, 0.25) is 0 Å². The van der Waals surface area contributed by atoms with Crippen molar-refractivity contribution in [3.8, 4) is 17.6 Å². The highest BCUT2D eigenvalue weighted by molar-refractivity contribution is 5.42. The first-order valence-electron chi connectivity index (χ1n) is 5.19. The number of hydrogen-bond donors (Lipinski definition) is 1. The SMILES string of the molecule is N#Cc1ccccc1OCc1cccc(O)c1. The van der Waals surface area contributed by atoms with Crippen LogP contribution in [0.1, 0.15) is 11.1 Å². The molecule has 0 fully saturated rings. The van der Waals surface area contributed by atoms with Gasteiger partial charge in [-0.3, -0.25) is 0 Å². The van der Waals surface area contributed by atoms with Gasteiger partial charge in [0.15, 0.2) is 0 Å². The lowest BCUT2D eigenvalue weighted by atomic mass is 10.2. The quantitative estimate of drug-likeness (QED) is 0.873. The van der Waals surface area contributed by atoms with Crippen molar-refractivity contribution in [1.29, 1.82) is 5.26 Å². The van der Waals surface area contributed by atoms with E-state index in [2.05, 4.69) is 6.07 Å². The lowest BCUT2D eigenvalue weighted by molar-refractivity contribution is 0.304. The Morgan fingerprint density at radius 2 is 1.94 bits per heavy atom. The molecule has 84 valence electrons. The topological polar surface area (TPSA) is 53.2 Å². The van der Waals surface area contributed by atoms with Crippen LogP contribution in [-0.2, 0) is 6.61 Å². The Bertz CT molecular complexity index is 558. The molecule has 2 aromatic rings. The minimum absolute atomic E-state index is 0.208. The second kappa shape index (κ2) is 5.04. The molecular weight excluding hydrogens is 214 g/mol. The zero-order valence-electron chi connectivity index (χ0n) is 9.13. The maximum absolute atomic E-state index is 9.30. The first kappa shape index (κ1) is 11.0. The number of phenolic OH excluding ortho intramolecular Hbond substituents is 1. The van der Waals surface area contributed by atoms with E-state index in [1.54, 1.807) is 36.4 Å². The average molecular weight is 225 g/mol. The minimum Gasteiger partial charge on any atom is -0.508 e. The second-order valence-electron chi connectivity index (χ2n) is 3.57. The molecular formula is C14H11NO2. The highest BCUT2D eigenvalue weighted by atomic mass is 16.5. The van der Waals surface area contributed by atoms with Crippen molar-refractivity contribution >= 4 is 0 Å². The smallest absolute Gasteiger partial charge is 0.137 e. The Labute approximate surface area is 99.5 Å². The van der Waals surface area contributed by atoms with Crippen LogP contribution in [0.5, 0.6) is 11.5 Å². The molecule has 0 atom stereocenters. The molecule has 0 aromatic heterocycles. The van der Waals surface area contributed by atoms with E-state index in [0.29, 0.717) is 17.9 Å². The molecule has 0 aliphatic heterocycles. The normalized spacial score (nSPS) is 9.59. The Morgan fingerprint density at radius 3 is 2.71 bits per heavy atom. The van der Waals surface area contributed by atoms with Crippen molar-refractivity contribution < 1.29 is 9.84 Å². The van der Waals surface area contributed by atoms with E-state index >= 15 is 0 Å². The van der Waals surface area contributed by atoms with Gasteiger partial charge in [-0.2, -0.15) is 5.26 Å². The molecule has 0 amide bonds. The number of aromatic hydroxyl groups is 1. The van der Waals surface area contributed by atoms with Crippen molar-refractivity contribution in [3.63, 3.8) is 0 Å². The Balaban J connectivity index is 2.10. The average Bonchev–Trinajstić information content (AvgIpc) is 2.37. The van der Waals surface area contributed by atoms with Crippen LogP contribution in [-0.4, -0.2) is 5.11 Å². The second-order valence-corrected chi connectivity index (χ2v) is 3.57. The molecule has 1 N–H and O–H groups in total. The molecule has 2 aromatic carbocycles. The van der Waals surface area contributed by atoms with Gasteiger partial charge < -0.3 is 9.84 Å². The van der Waals surface area contributed by atoms with Gasteiger partial charge in [0.25, 0.3) is 0 Å². The maximum atomic E-state index is 9.30. The van der Waals surface area contributed by atoms with Crippen LogP contribution < -0.4 is 4.74 Å². The Kier molecular flexibility index (Phi) is 3.27. The number of nitriles is 1. The molecule has 0 saturated carbocycles. The summed E-state index contributed by atoms with van der Waals surface area (Å²) in [7, 11) is 0. The molecule has 0 aliphatic carbocycles. The first-order chi connectivity index (χ1) is 8.29. The van der Waals surface area contributed by atoms with Crippen LogP contribution in [0.3, 0.4) is 0 Å². The Hall–Kier alpha value is -2.47. The minimum atomic E-state index is 0.208. The zero-order valence-corrected chi connectivity index (χ0v) is 9.13. The standard InChI is InChI=1S/C14H11NO2/c15-9-12-5-1-2-7-14(12)17-10-11-4-3-6-13(16)8-11/h1-8,16H,10H2. The van der Waals surface area contributed by atoms with Gasteiger partial charge in [-0.15, -0.1) is 0 Å². The van der Waals surface area contributed by atoms with E-state index in [0.717, 1.165) is 5.56 Å². The van der Waals surface area contributed by atoms with Crippen molar-refractivity contribution in [2.24, 2.45) is 0 Å². The van der Waals surface area contributed by atoms with E-state index < -0.39 is 0 Å². The summed E-state index contributed by atoms with van der Waals surface area (Å²) in [6.45, 7) is 0.326. The van der Waals surface area contributed by atoms with E-state index in [1.807, 2.05) is 12.1 Å². The summed E-state index contributed by atoms with van der Waals surface area (Å²) < 4.78 is 5.54. The van der Waals surface area contributed by atoms with E-state index in [-0.39, 0.29) is 5.75 Å². The van der Waals surface area contributed by atoms with Crippen LogP contribution in [0.15, 0.2) is 48.5 Å². The van der Waals surface area contributed by atoms with Crippen LogP contribution >= 0.6 is 0 Å². The lowest BCUT2D eigenvalue weighted by Crippen LogP contribution is -1.96. The molecule has 0 spiro atoms. The largest absolute Gasteiger partial charge is 0.508 e. The molecule has 0 saturated heterocycles. The third-order valence-electron chi connectivity index (χ3n) is 2.31. The zero-order chi connectivity index (χ0) is 12.1.